The first-order valence-electron chi connectivity index (χ1n) is 3.31. The van der Waals surface area contributed by atoms with Crippen LogP contribution in [0.25, 0.3) is 0 Å². The molecule has 0 atom stereocenters. The minimum Gasteiger partial charge on any atom is -0.336 e. The average molecular weight is 156 g/mol. The number of carbonyl (C=O) groups is 1. The van der Waals surface area contributed by atoms with Crippen LogP contribution >= 0.6 is 0 Å². The van der Waals surface area contributed by atoms with Gasteiger partial charge in [0, 0.05) is 13.0 Å². The standard InChI is InChI=1S/C7H12N2O2/c1-3-4-5-6-8-7(10)9-11-2/h1H,4-6H2,2H3,(H2,8,9,10). The normalized spacial score (nSPS) is 8.36. The van der Waals surface area contributed by atoms with Crippen LogP contribution < -0.4 is 10.8 Å². The van der Waals surface area contributed by atoms with E-state index >= 15 is 0 Å². The second kappa shape index (κ2) is 6.90. The molecule has 0 aliphatic carbocycles. The van der Waals surface area contributed by atoms with Crippen molar-refractivity contribution < 1.29 is 9.63 Å². The van der Waals surface area contributed by atoms with E-state index in [4.69, 9.17) is 6.42 Å². The summed E-state index contributed by atoms with van der Waals surface area (Å²) < 4.78 is 0. The van der Waals surface area contributed by atoms with Crippen LogP contribution in [-0.4, -0.2) is 19.7 Å². The Morgan fingerprint density at radius 1 is 1.73 bits per heavy atom. The van der Waals surface area contributed by atoms with E-state index in [1.165, 1.54) is 7.11 Å². The van der Waals surface area contributed by atoms with E-state index in [1.54, 1.807) is 0 Å². The highest BCUT2D eigenvalue weighted by Crippen LogP contribution is 1.81. The van der Waals surface area contributed by atoms with Crippen molar-refractivity contribution in [1.82, 2.24) is 10.8 Å². The van der Waals surface area contributed by atoms with Crippen molar-refractivity contribution in [3.63, 3.8) is 0 Å². The fourth-order valence-electron chi connectivity index (χ4n) is 0.521. The SMILES string of the molecule is C#CCCCNC(=O)NOC. The van der Waals surface area contributed by atoms with Crippen molar-refractivity contribution in [1.29, 1.82) is 0 Å². The minimum absolute atomic E-state index is 0.343. The third-order valence-electron chi connectivity index (χ3n) is 0.978. The van der Waals surface area contributed by atoms with Gasteiger partial charge in [-0.25, -0.2) is 10.3 Å². The number of terminal acetylenes is 1. The van der Waals surface area contributed by atoms with E-state index in [-0.39, 0.29) is 6.03 Å². The van der Waals surface area contributed by atoms with E-state index in [0.29, 0.717) is 13.0 Å². The maximum atomic E-state index is 10.6. The van der Waals surface area contributed by atoms with Gasteiger partial charge in [0.25, 0.3) is 0 Å². The largest absolute Gasteiger partial charge is 0.338 e. The molecule has 2 N–H and O–H groups in total. The van der Waals surface area contributed by atoms with Crippen LogP contribution in [0.4, 0.5) is 4.79 Å². The summed E-state index contributed by atoms with van der Waals surface area (Å²) in [6, 6.07) is -0.343. The third kappa shape index (κ3) is 6.68. The van der Waals surface area contributed by atoms with Crippen LogP contribution in [0.5, 0.6) is 0 Å². The van der Waals surface area contributed by atoms with Gasteiger partial charge in [0.1, 0.15) is 0 Å². The average Bonchev–Trinajstić information content (AvgIpc) is 1.99. The maximum Gasteiger partial charge on any atom is 0.338 e. The van der Waals surface area contributed by atoms with Crippen molar-refractivity contribution in [2.24, 2.45) is 0 Å². The summed E-state index contributed by atoms with van der Waals surface area (Å²) in [5.74, 6) is 2.47. The highest BCUT2D eigenvalue weighted by Gasteiger charge is 1.94. The van der Waals surface area contributed by atoms with E-state index in [2.05, 4.69) is 21.6 Å². The van der Waals surface area contributed by atoms with Crippen LogP contribution in [0.1, 0.15) is 12.8 Å². The summed E-state index contributed by atoms with van der Waals surface area (Å²) in [4.78, 5) is 15.0. The first-order chi connectivity index (χ1) is 5.31. The lowest BCUT2D eigenvalue weighted by molar-refractivity contribution is 0.107. The van der Waals surface area contributed by atoms with Crippen molar-refractivity contribution in [2.45, 2.75) is 12.8 Å². The molecule has 4 heteroatoms. The van der Waals surface area contributed by atoms with E-state index < -0.39 is 0 Å². The molecule has 0 aromatic carbocycles. The first kappa shape index (κ1) is 9.79. The lowest BCUT2D eigenvalue weighted by atomic mass is 10.3. The van der Waals surface area contributed by atoms with Crippen molar-refractivity contribution in [2.75, 3.05) is 13.7 Å². The topological polar surface area (TPSA) is 50.4 Å². The monoisotopic (exact) mass is 156 g/mol. The Kier molecular flexibility index (Phi) is 6.14. The lowest BCUT2D eigenvalue weighted by Crippen LogP contribution is -2.35. The highest BCUT2D eigenvalue weighted by atomic mass is 16.6. The molecule has 0 aliphatic heterocycles. The summed E-state index contributed by atoms with van der Waals surface area (Å²) in [7, 11) is 1.38. The number of amides is 2. The smallest absolute Gasteiger partial charge is 0.336 e. The molecule has 0 saturated carbocycles. The van der Waals surface area contributed by atoms with Gasteiger partial charge in [-0.3, -0.25) is 4.84 Å². The molecule has 0 heterocycles. The highest BCUT2D eigenvalue weighted by molar-refractivity contribution is 5.72. The number of hydrogen-bond donors (Lipinski definition) is 2. The molecule has 0 unspecified atom stereocenters. The Balaban J connectivity index is 3.12. The van der Waals surface area contributed by atoms with Gasteiger partial charge in [-0.05, 0) is 6.42 Å². The van der Waals surface area contributed by atoms with E-state index in [1.807, 2.05) is 0 Å². The number of unbranched alkanes of at least 4 members (excludes halogenated alkanes) is 1. The molecule has 0 saturated heterocycles. The van der Waals surface area contributed by atoms with Crippen LogP contribution in [0, 0.1) is 12.3 Å². The second-order valence-electron chi connectivity index (χ2n) is 1.87. The molecule has 0 aliphatic rings. The molecular formula is C7H12N2O2. The van der Waals surface area contributed by atoms with Gasteiger partial charge in [0.2, 0.25) is 0 Å². The van der Waals surface area contributed by atoms with Gasteiger partial charge in [-0.2, -0.15) is 0 Å². The van der Waals surface area contributed by atoms with Crippen molar-refractivity contribution in [3.05, 3.63) is 0 Å². The van der Waals surface area contributed by atoms with E-state index in [0.717, 1.165) is 6.42 Å². The van der Waals surface area contributed by atoms with E-state index in [9.17, 15) is 4.79 Å². The van der Waals surface area contributed by atoms with Gasteiger partial charge < -0.3 is 5.32 Å². The first-order valence-corrected chi connectivity index (χ1v) is 3.31. The summed E-state index contributed by atoms with van der Waals surface area (Å²) in [6.07, 6.45) is 6.46. The molecule has 0 radical (unpaired) electrons. The fourth-order valence-corrected chi connectivity index (χ4v) is 0.521. The molecule has 0 aromatic heterocycles. The Bertz CT molecular complexity index is 151. The number of carbonyl (C=O) groups excluding carboxylic acids is 1. The van der Waals surface area contributed by atoms with Crippen LogP contribution in [0.2, 0.25) is 0 Å². The molecule has 4 nitrogen and oxygen atoms in total. The number of urea groups is 1. The predicted octanol–water partition coefficient (Wildman–Crippen LogP) is 0.260. The van der Waals surface area contributed by atoms with Crippen molar-refractivity contribution >= 4 is 6.03 Å². The zero-order valence-corrected chi connectivity index (χ0v) is 6.52. The molecular weight excluding hydrogens is 144 g/mol. The number of rotatable bonds is 4. The molecule has 0 bridgehead atoms. The van der Waals surface area contributed by atoms with Gasteiger partial charge in [0.05, 0.1) is 7.11 Å². The third-order valence-corrected chi connectivity index (χ3v) is 0.978. The predicted molar refractivity (Wildman–Crippen MR) is 41.6 cm³/mol. The summed E-state index contributed by atoms with van der Waals surface area (Å²) in [5, 5.41) is 2.55. The van der Waals surface area contributed by atoms with Gasteiger partial charge in [-0.15, -0.1) is 12.3 Å². The number of hydroxylamine groups is 1. The lowest BCUT2D eigenvalue weighted by Gasteiger charge is -2.02. The van der Waals surface area contributed by atoms with Crippen LogP contribution in [0.15, 0.2) is 0 Å². The number of nitrogens with one attached hydrogen (secondary N) is 2. The maximum absolute atomic E-state index is 10.6. The molecule has 2 amide bonds. The molecule has 0 rings (SSSR count). The van der Waals surface area contributed by atoms with Crippen LogP contribution in [0.3, 0.4) is 0 Å². The molecule has 0 aromatic rings. The Hall–Kier alpha value is -1.21. The van der Waals surface area contributed by atoms with Crippen molar-refractivity contribution in [3.8, 4) is 12.3 Å². The zero-order chi connectivity index (χ0) is 8.53. The summed E-state index contributed by atoms with van der Waals surface area (Å²) >= 11 is 0. The summed E-state index contributed by atoms with van der Waals surface area (Å²) in [5.41, 5.74) is 2.12. The molecule has 11 heavy (non-hydrogen) atoms. The fraction of sp³-hybridized carbons (Fsp3) is 0.571. The Labute approximate surface area is 66.3 Å². The molecule has 0 spiro atoms. The molecule has 62 valence electrons. The Morgan fingerprint density at radius 2 is 2.45 bits per heavy atom. The van der Waals surface area contributed by atoms with Crippen LogP contribution in [-0.2, 0) is 4.84 Å². The minimum atomic E-state index is -0.343. The van der Waals surface area contributed by atoms with Gasteiger partial charge in [0.15, 0.2) is 0 Å². The van der Waals surface area contributed by atoms with Gasteiger partial charge in [-0.1, -0.05) is 0 Å². The number of hydrogen-bond acceptors (Lipinski definition) is 2. The summed E-state index contributed by atoms with van der Waals surface area (Å²) in [6.45, 7) is 0.569. The molecule has 0 fully saturated rings. The Morgan fingerprint density at radius 3 is 3.00 bits per heavy atom. The van der Waals surface area contributed by atoms with Gasteiger partial charge >= 0.3 is 6.03 Å². The zero-order valence-electron chi connectivity index (χ0n) is 6.52. The second-order valence-corrected chi connectivity index (χ2v) is 1.87. The quantitative estimate of drug-likeness (QED) is 0.348.